The normalized spacial score (nSPS) is 24.3. The van der Waals surface area contributed by atoms with Crippen molar-refractivity contribution in [2.45, 2.75) is 103 Å². The molecule has 0 saturated heterocycles. The van der Waals surface area contributed by atoms with E-state index in [1.807, 2.05) is 0 Å². The Bertz CT molecular complexity index is 972. The summed E-state index contributed by atoms with van der Waals surface area (Å²) in [5.74, 6) is 10.7. The molecule has 0 amide bonds. The van der Waals surface area contributed by atoms with Crippen molar-refractivity contribution < 1.29 is 4.74 Å². The molecule has 36 heavy (non-hydrogen) atoms. The van der Waals surface area contributed by atoms with Crippen molar-refractivity contribution in [2.24, 2.45) is 11.8 Å². The maximum absolute atomic E-state index is 5.73. The summed E-state index contributed by atoms with van der Waals surface area (Å²) in [6.45, 7) is 5.25. The third-order valence-corrected chi connectivity index (χ3v) is 8.46. The summed E-state index contributed by atoms with van der Waals surface area (Å²) in [5, 5.41) is 0. The molecule has 0 N–H and O–H groups in total. The van der Waals surface area contributed by atoms with Gasteiger partial charge < -0.3 is 4.74 Å². The second kappa shape index (κ2) is 14.3. The van der Waals surface area contributed by atoms with E-state index >= 15 is 0 Å². The summed E-state index contributed by atoms with van der Waals surface area (Å²) in [5.41, 5.74) is 4.12. The fourth-order valence-electron chi connectivity index (χ4n) is 6.13. The van der Waals surface area contributed by atoms with Crippen LogP contribution in [0.1, 0.15) is 119 Å². The summed E-state index contributed by atoms with van der Waals surface area (Å²) < 4.78 is 5.73. The van der Waals surface area contributed by atoms with Crippen LogP contribution in [0.4, 0.5) is 0 Å². The first-order chi connectivity index (χ1) is 17.7. The van der Waals surface area contributed by atoms with E-state index in [0.717, 1.165) is 36.2 Å². The maximum Gasteiger partial charge on any atom is 0.119 e. The van der Waals surface area contributed by atoms with Gasteiger partial charge in [-0.2, -0.15) is 0 Å². The van der Waals surface area contributed by atoms with Crippen LogP contribution in [0.25, 0.3) is 0 Å². The minimum absolute atomic E-state index is 0.664. The van der Waals surface area contributed by atoms with Crippen LogP contribution < -0.4 is 4.74 Å². The van der Waals surface area contributed by atoms with Crippen LogP contribution in [-0.4, -0.2) is 6.61 Å². The molecule has 0 aromatic heterocycles. The lowest BCUT2D eigenvalue weighted by atomic mass is 9.77. The highest BCUT2D eigenvalue weighted by Gasteiger charge is 2.22. The SMILES string of the molecule is CCCC[C@H]1CC[C@H](c2ccc(C#CC=C[C@H]3CC[C@H](c4ccc(OCCC)cc4)CC3)cc2)CC1. The Kier molecular flexibility index (Phi) is 10.6. The Morgan fingerprint density at radius 1 is 0.750 bits per heavy atom. The summed E-state index contributed by atoms with van der Waals surface area (Å²) in [6.07, 6.45) is 20.3. The molecule has 0 spiro atoms. The van der Waals surface area contributed by atoms with Crippen molar-refractivity contribution >= 4 is 0 Å². The smallest absolute Gasteiger partial charge is 0.119 e. The standard InChI is InChI=1S/C35H46O/c1-3-5-8-28-11-17-31(18-12-28)32-19-13-29(14-20-32)9-6-7-10-30-15-21-33(22-16-30)34-23-25-35(26-24-34)36-27-4-2/h7,10,13-14,19-20,23-26,28,30-31,33H,3-5,8,11-12,15-18,21-22,27H2,1-2H3/t28-,30-,31-,33-. The molecule has 4 rings (SSSR count). The molecule has 0 bridgehead atoms. The van der Waals surface area contributed by atoms with Gasteiger partial charge in [-0.1, -0.05) is 75.3 Å². The number of rotatable bonds is 9. The molecule has 2 aliphatic rings. The van der Waals surface area contributed by atoms with Crippen LogP contribution in [-0.2, 0) is 0 Å². The second-order valence-electron chi connectivity index (χ2n) is 11.1. The maximum atomic E-state index is 5.73. The second-order valence-corrected chi connectivity index (χ2v) is 11.1. The van der Waals surface area contributed by atoms with Crippen molar-refractivity contribution in [3.63, 3.8) is 0 Å². The summed E-state index contributed by atoms with van der Waals surface area (Å²) in [4.78, 5) is 0. The zero-order chi connectivity index (χ0) is 25.0. The van der Waals surface area contributed by atoms with Gasteiger partial charge in [-0.25, -0.2) is 0 Å². The van der Waals surface area contributed by atoms with Crippen LogP contribution in [0.15, 0.2) is 60.7 Å². The largest absolute Gasteiger partial charge is 0.494 e. The van der Waals surface area contributed by atoms with E-state index in [1.165, 1.54) is 81.8 Å². The first kappa shape index (κ1) is 26.6. The van der Waals surface area contributed by atoms with Gasteiger partial charge >= 0.3 is 0 Å². The van der Waals surface area contributed by atoms with E-state index in [-0.39, 0.29) is 0 Å². The van der Waals surface area contributed by atoms with Gasteiger partial charge in [-0.3, -0.25) is 0 Å². The van der Waals surface area contributed by atoms with E-state index in [9.17, 15) is 0 Å². The third kappa shape index (κ3) is 8.03. The molecule has 0 heterocycles. The number of ether oxygens (including phenoxy) is 1. The Balaban J connectivity index is 1.19. The van der Waals surface area contributed by atoms with Crippen LogP contribution in [0, 0.1) is 23.7 Å². The van der Waals surface area contributed by atoms with E-state index in [0.29, 0.717) is 11.8 Å². The molecule has 0 radical (unpaired) electrons. The fourth-order valence-corrected chi connectivity index (χ4v) is 6.13. The first-order valence-electron chi connectivity index (χ1n) is 14.8. The number of benzene rings is 2. The number of hydrogen-bond acceptors (Lipinski definition) is 1. The van der Waals surface area contributed by atoms with E-state index in [4.69, 9.17) is 4.74 Å². The van der Waals surface area contributed by atoms with Crippen LogP contribution in [0.2, 0.25) is 0 Å². The van der Waals surface area contributed by atoms with E-state index in [2.05, 4.69) is 86.4 Å². The van der Waals surface area contributed by atoms with Gasteiger partial charge in [0.1, 0.15) is 5.75 Å². The Morgan fingerprint density at radius 3 is 1.97 bits per heavy atom. The van der Waals surface area contributed by atoms with Gasteiger partial charge in [0.25, 0.3) is 0 Å². The molecule has 1 heteroatoms. The average molecular weight is 483 g/mol. The summed E-state index contributed by atoms with van der Waals surface area (Å²) in [6, 6.07) is 17.9. The zero-order valence-electron chi connectivity index (χ0n) is 22.7. The highest BCUT2D eigenvalue weighted by Crippen LogP contribution is 2.38. The first-order valence-corrected chi connectivity index (χ1v) is 14.8. The van der Waals surface area contributed by atoms with Gasteiger partial charge in [-0.05, 0) is 123 Å². The summed E-state index contributed by atoms with van der Waals surface area (Å²) in [7, 11) is 0. The molecule has 2 aromatic carbocycles. The Morgan fingerprint density at radius 2 is 1.36 bits per heavy atom. The number of allylic oxidation sites excluding steroid dienone is 2. The van der Waals surface area contributed by atoms with Gasteiger partial charge in [-0.15, -0.1) is 0 Å². The lowest BCUT2D eigenvalue weighted by Crippen LogP contribution is -2.13. The molecule has 1 nitrogen and oxygen atoms in total. The van der Waals surface area contributed by atoms with Gasteiger partial charge in [0.15, 0.2) is 0 Å². The monoisotopic (exact) mass is 482 g/mol. The molecular formula is C35H46O. The summed E-state index contributed by atoms with van der Waals surface area (Å²) >= 11 is 0. The van der Waals surface area contributed by atoms with Crippen LogP contribution in [0.3, 0.4) is 0 Å². The Labute approximate surface area is 220 Å². The van der Waals surface area contributed by atoms with Crippen molar-refractivity contribution in [2.75, 3.05) is 6.61 Å². The minimum atomic E-state index is 0.664. The molecule has 0 unspecified atom stereocenters. The third-order valence-electron chi connectivity index (χ3n) is 8.46. The lowest BCUT2D eigenvalue weighted by Gasteiger charge is -2.28. The van der Waals surface area contributed by atoms with E-state index < -0.39 is 0 Å². The van der Waals surface area contributed by atoms with Crippen molar-refractivity contribution in [1.29, 1.82) is 0 Å². The fraction of sp³-hybridized carbons (Fsp3) is 0.543. The molecule has 0 aliphatic heterocycles. The number of hydrogen-bond donors (Lipinski definition) is 0. The van der Waals surface area contributed by atoms with Crippen molar-refractivity contribution in [3.8, 4) is 17.6 Å². The average Bonchev–Trinajstić information content (AvgIpc) is 2.94. The molecule has 2 aliphatic carbocycles. The molecule has 2 aromatic rings. The molecule has 0 atom stereocenters. The van der Waals surface area contributed by atoms with Crippen LogP contribution >= 0.6 is 0 Å². The zero-order valence-corrected chi connectivity index (χ0v) is 22.7. The molecule has 2 fully saturated rings. The minimum Gasteiger partial charge on any atom is -0.494 e. The predicted molar refractivity (Wildman–Crippen MR) is 154 cm³/mol. The quantitative estimate of drug-likeness (QED) is 0.323. The predicted octanol–water partition coefficient (Wildman–Crippen LogP) is 9.82. The Hall–Kier alpha value is -2.46. The molecule has 192 valence electrons. The highest BCUT2D eigenvalue weighted by atomic mass is 16.5. The molecule has 2 saturated carbocycles. The highest BCUT2D eigenvalue weighted by molar-refractivity contribution is 5.39. The van der Waals surface area contributed by atoms with E-state index in [1.54, 1.807) is 0 Å². The topological polar surface area (TPSA) is 9.23 Å². The van der Waals surface area contributed by atoms with Crippen molar-refractivity contribution in [3.05, 3.63) is 77.4 Å². The van der Waals surface area contributed by atoms with Crippen LogP contribution in [0.5, 0.6) is 5.75 Å². The van der Waals surface area contributed by atoms with Crippen molar-refractivity contribution in [1.82, 2.24) is 0 Å². The van der Waals surface area contributed by atoms with Gasteiger partial charge in [0, 0.05) is 5.56 Å². The number of unbranched alkanes of at least 4 members (excludes halogenated alkanes) is 1. The van der Waals surface area contributed by atoms with Gasteiger partial charge in [0.2, 0.25) is 0 Å². The lowest BCUT2D eigenvalue weighted by molar-refractivity contribution is 0.304. The van der Waals surface area contributed by atoms with Gasteiger partial charge in [0.05, 0.1) is 6.61 Å². The molecular weight excluding hydrogens is 436 g/mol.